The van der Waals surface area contributed by atoms with Crippen LogP contribution in [-0.4, -0.2) is 37.0 Å². The summed E-state index contributed by atoms with van der Waals surface area (Å²) in [7, 11) is 0. The predicted octanol–water partition coefficient (Wildman–Crippen LogP) is 2.98. The number of hydrogen-bond donors (Lipinski definition) is 1. The number of rotatable bonds is 6. The van der Waals surface area contributed by atoms with Crippen LogP contribution in [-0.2, 0) is 25.5 Å². The van der Waals surface area contributed by atoms with Crippen molar-refractivity contribution < 1.29 is 19.1 Å². The number of esters is 1. The molecule has 1 heterocycles. The van der Waals surface area contributed by atoms with Gasteiger partial charge in [0.1, 0.15) is 0 Å². The van der Waals surface area contributed by atoms with Gasteiger partial charge in [0.05, 0.1) is 5.92 Å². The van der Waals surface area contributed by atoms with Crippen molar-refractivity contribution in [2.45, 2.75) is 64.3 Å². The molecule has 6 heteroatoms. The van der Waals surface area contributed by atoms with Crippen molar-refractivity contribution in [3.63, 3.8) is 0 Å². The fourth-order valence-electron chi connectivity index (χ4n) is 4.12. The summed E-state index contributed by atoms with van der Waals surface area (Å²) in [5.41, 5.74) is 1.93. The molecule has 1 saturated carbocycles. The van der Waals surface area contributed by atoms with Crippen LogP contribution in [0.3, 0.4) is 0 Å². The van der Waals surface area contributed by atoms with Gasteiger partial charge in [-0.05, 0) is 30.9 Å². The molecule has 2 fully saturated rings. The van der Waals surface area contributed by atoms with Crippen LogP contribution in [0.4, 0.5) is 5.69 Å². The average molecular weight is 386 g/mol. The number of para-hydroxylation sites is 1. The molecule has 1 aromatic carbocycles. The Morgan fingerprint density at radius 1 is 1.14 bits per heavy atom. The zero-order valence-corrected chi connectivity index (χ0v) is 16.6. The highest BCUT2D eigenvalue weighted by molar-refractivity contribution is 6.00. The van der Waals surface area contributed by atoms with E-state index in [9.17, 15) is 14.4 Å². The molecule has 1 N–H and O–H groups in total. The molecule has 1 aliphatic heterocycles. The summed E-state index contributed by atoms with van der Waals surface area (Å²) in [6, 6.07) is 7.92. The zero-order valence-electron chi connectivity index (χ0n) is 16.6. The summed E-state index contributed by atoms with van der Waals surface area (Å²) in [6.07, 6.45) is 7.61. The molecule has 2 aliphatic rings. The molecule has 28 heavy (non-hydrogen) atoms. The SMILES string of the molecule is CCc1ccccc1N1C[C@@H](C(=O)OCC(=O)NC2CCCCCC2)CC1=O. The number of aryl methyl sites for hydroxylation is 1. The molecule has 0 radical (unpaired) electrons. The minimum absolute atomic E-state index is 0.0780. The molecule has 6 nitrogen and oxygen atoms in total. The number of benzene rings is 1. The fraction of sp³-hybridized carbons (Fsp3) is 0.591. The van der Waals surface area contributed by atoms with Crippen molar-refractivity contribution in [1.29, 1.82) is 0 Å². The van der Waals surface area contributed by atoms with Gasteiger partial charge < -0.3 is 15.0 Å². The molecule has 1 saturated heterocycles. The number of nitrogens with zero attached hydrogens (tertiary/aromatic N) is 1. The Morgan fingerprint density at radius 2 is 1.86 bits per heavy atom. The quantitative estimate of drug-likeness (QED) is 0.602. The third-order valence-electron chi connectivity index (χ3n) is 5.69. The van der Waals surface area contributed by atoms with Crippen molar-refractivity contribution in [3.8, 4) is 0 Å². The second kappa shape index (κ2) is 9.71. The first kappa shape index (κ1) is 20.4. The van der Waals surface area contributed by atoms with Gasteiger partial charge in [0.15, 0.2) is 6.61 Å². The Hall–Kier alpha value is -2.37. The Bertz CT molecular complexity index is 710. The van der Waals surface area contributed by atoms with E-state index in [0.717, 1.165) is 43.4 Å². The van der Waals surface area contributed by atoms with Crippen LogP contribution in [0.25, 0.3) is 0 Å². The Morgan fingerprint density at radius 3 is 2.57 bits per heavy atom. The van der Waals surface area contributed by atoms with Crippen molar-refractivity contribution >= 4 is 23.5 Å². The van der Waals surface area contributed by atoms with Crippen molar-refractivity contribution in [2.24, 2.45) is 5.92 Å². The third kappa shape index (κ3) is 5.12. The molecule has 152 valence electrons. The van der Waals surface area contributed by atoms with E-state index in [0.29, 0.717) is 6.54 Å². The van der Waals surface area contributed by atoms with E-state index >= 15 is 0 Å². The maximum Gasteiger partial charge on any atom is 0.311 e. The number of amides is 2. The minimum Gasteiger partial charge on any atom is -0.455 e. The van der Waals surface area contributed by atoms with Crippen molar-refractivity contribution in [3.05, 3.63) is 29.8 Å². The fourth-order valence-corrected chi connectivity index (χ4v) is 4.12. The Balaban J connectivity index is 1.49. The lowest BCUT2D eigenvalue weighted by molar-refractivity contribution is -0.152. The van der Waals surface area contributed by atoms with Gasteiger partial charge in [0.25, 0.3) is 5.91 Å². The molecule has 1 aliphatic carbocycles. The van der Waals surface area contributed by atoms with Gasteiger partial charge in [-0.3, -0.25) is 14.4 Å². The van der Waals surface area contributed by atoms with E-state index in [1.807, 2.05) is 31.2 Å². The Kier molecular flexibility index (Phi) is 7.06. The van der Waals surface area contributed by atoms with E-state index in [1.54, 1.807) is 4.90 Å². The summed E-state index contributed by atoms with van der Waals surface area (Å²) in [4.78, 5) is 38.6. The van der Waals surface area contributed by atoms with E-state index in [1.165, 1.54) is 12.8 Å². The largest absolute Gasteiger partial charge is 0.455 e. The van der Waals surface area contributed by atoms with Crippen LogP contribution in [0, 0.1) is 5.92 Å². The van der Waals surface area contributed by atoms with E-state index in [2.05, 4.69) is 5.32 Å². The lowest BCUT2D eigenvalue weighted by Crippen LogP contribution is -2.38. The predicted molar refractivity (Wildman–Crippen MR) is 107 cm³/mol. The number of nitrogens with one attached hydrogen (secondary N) is 1. The van der Waals surface area contributed by atoms with Gasteiger partial charge in [-0.15, -0.1) is 0 Å². The van der Waals surface area contributed by atoms with Gasteiger partial charge in [-0.1, -0.05) is 50.8 Å². The third-order valence-corrected chi connectivity index (χ3v) is 5.69. The Labute approximate surface area is 166 Å². The number of carbonyl (C=O) groups is 3. The molecular weight excluding hydrogens is 356 g/mol. The number of ether oxygens (including phenoxy) is 1. The van der Waals surface area contributed by atoms with Crippen molar-refractivity contribution in [2.75, 3.05) is 18.1 Å². The second-order valence-corrected chi connectivity index (χ2v) is 7.75. The summed E-state index contributed by atoms with van der Waals surface area (Å²) >= 11 is 0. The molecule has 1 aromatic rings. The normalized spacial score (nSPS) is 20.7. The van der Waals surface area contributed by atoms with Gasteiger partial charge in [-0.2, -0.15) is 0 Å². The monoisotopic (exact) mass is 386 g/mol. The topological polar surface area (TPSA) is 75.7 Å². The molecule has 0 spiro atoms. The summed E-state index contributed by atoms with van der Waals surface area (Å²) < 4.78 is 5.22. The van der Waals surface area contributed by atoms with Gasteiger partial charge in [0.2, 0.25) is 5.91 Å². The highest BCUT2D eigenvalue weighted by Crippen LogP contribution is 2.29. The highest BCUT2D eigenvalue weighted by atomic mass is 16.5. The molecular formula is C22H30N2O4. The minimum atomic E-state index is -0.525. The standard InChI is InChI=1S/C22H30N2O4/c1-2-16-9-7-8-12-19(16)24-14-17(13-21(24)26)22(27)28-15-20(25)23-18-10-5-3-4-6-11-18/h7-9,12,17-18H,2-6,10-11,13-15H2,1H3,(H,23,25)/t17-/m0/s1. The van der Waals surface area contributed by atoms with Gasteiger partial charge >= 0.3 is 5.97 Å². The average Bonchev–Trinajstić information content (AvgIpc) is 2.91. The van der Waals surface area contributed by atoms with Crippen LogP contribution in [0.2, 0.25) is 0 Å². The molecule has 2 amide bonds. The molecule has 3 rings (SSSR count). The first-order valence-corrected chi connectivity index (χ1v) is 10.4. The highest BCUT2D eigenvalue weighted by Gasteiger charge is 2.37. The second-order valence-electron chi connectivity index (χ2n) is 7.75. The van der Waals surface area contributed by atoms with Crippen LogP contribution in [0.15, 0.2) is 24.3 Å². The van der Waals surface area contributed by atoms with Crippen LogP contribution < -0.4 is 10.2 Å². The van der Waals surface area contributed by atoms with Gasteiger partial charge in [-0.25, -0.2) is 0 Å². The number of hydrogen-bond acceptors (Lipinski definition) is 4. The maximum absolute atomic E-state index is 12.4. The summed E-state index contributed by atoms with van der Waals surface area (Å²) in [6.45, 7) is 2.07. The van der Waals surface area contributed by atoms with Crippen LogP contribution in [0.1, 0.15) is 57.4 Å². The van der Waals surface area contributed by atoms with Crippen molar-refractivity contribution in [1.82, 2.24) is 5.32 Å². The maximum atomic E-state index is 12.4. The number of carbonyl (C=O) groups excluding carboxylic acids is 3. The molecule has 0 unspecified atom stereocenters. The summed E-state index contributed by atoms with van der Waals surface area (Å²) in [5, 5.41) is 2.97. The zero-order chi connectivity index (χ0) is 19.9. The van der Waals surface area contributed by atoms with Gasteiger partial charge in [0, 0.05) is 24.7 Å². The van der Waals surface area contributed by atoms with Crippen LogP contribution in [0.5, 0.6) is 0 Å². The smallest absolute Gasteiger partial charge is 0.311 e. The first-order chi connectivity index (χ1) is 13.6. The van der Waals surface area contributed by atoms with E-state index in [-0.39, 0.29) is 30.9 Å². The van der Waals surface area contributed by atoms with E-state index < -0.39 is 11.9 Å². The first-order valence-electron chi connectivity index (χ1n) is 10.4. The lowest BCUT2D eigenvalue weighted by Gasteiger charge is -2.20. The molecule has 0 aromatic heterocycles. The van der Waals surface area contributed by atoms with E-state index in [4.69, 9.17) is 4.74 Å². The summed E-state index contributed by atoms with van der Waals surface area (Å²) in [5.74, 6) is -1.33. The molecule has 0 bridgehead atoms. The van der Waals surface area contributed by atoms with Crippen LogP contribution >= 0.6 is 0 Å². The number of anilines is 1. The lowest BCUT2D eigenvalue weighted by atomic mass is 10.1. The molecule has 1 atom stereocenters.